The third-order valence-electron chi connectivity index (χ3n) is 6.36. The number of amides is 1. The van der Waals surface area contributed by atoms with Crippen molar-refractivity contribution in [3.8, 4) is 5.75 Å². The van der Waals surface area contributed by atoms with Gasteiger partial charge in [0.05, 0.1) is 12.7 Å². The average molecular weight is 435 g/mol. The summed E-state index contributed by atoms with van der Waals surface area (Å²) in [6.07, 6.45) is 0. The zero-order valence-electron chi connectivity index (χ0n) is 18.9. The van der Waals surface area contributed by atoms with E-state index in [2.05, 4.69) is 27.2 Å². The van der Waals surface area contributed by atoms with E-state index < -0.39 is 11.7 Å². The van der Waals surface area contributed by atoms with E-state index in [1.54, 1.807) is 7.11 Å². The van der Waals surface area contributed by atoms with Crippen LogP contribution < -0.4 is 15.0 Å². The molecular weight excluding hydrogens is 404 g/mol. The first kappa shape index (κ1) is 21.9. The van der Waals surface area contributed by atoms with E-state index in [-0.39, 0.29) is 0 Å². The van der Waals surface area contributed by atoms with Gasteiger partial charge in [0.25, 0.3) is 11.7 Å². The molecule has 0 aliphatic carbocycles. The number of anilines is 1. The van der Waals surface area contributed by atoms with Crippen LogP contribution >= 0.6 is 0 Å². The lowest BCUT2D eigenvalue weighted by Gasteiger charge is -2.36. The third kappa shape index (κ3) is 4.34. The molecule has 2 aromatic carbocycles. The molecule has 7 nitrogen and oxygen atoms in total. The number of methoxy groups -OCH3 is 1. The van der Waals surface area contributed by atoms with Gasteiger partial charge in [-0.15, -0.1) is 0 Å². The van der Waals surface area contributed by atoms with Crippen LogP contribution in [0.4, 0.5) is 5.69 Å². The van der Waals surface area contributed by atoms with E-state index in [0.717, 1.165) is 55.1 Å². The lowest BCUT2D eigenvalue weighted by atomic mass is 10.1. The van der Waals surface area contributed by atoms with E-state index in [4.69, 9.17) is 4.74 Å². The summed E-state index contributed by atoms with van der Waals surface area (Å²) in [7, 11) is 3.58. The summed E-state index contributed by atoms with van der Waals surface area (Å²) in [4.78, 5) is 30.1. The number of para-hydroxylation sites is 1. The Morgan fingerprint density at radius 1 is 1.00 bits per heavy atom. The maximum atomic E-state index is 12.9. The summed E-state index contributed by atoms with van der Waals surface area (Å²) < 4.78 is 7.18. The smallest absolute Gasteiger partial charge is 0.292 e. The number of nitrogens with one attached hydrogen (secondary N) is 1. The van der Waals surface area contributed by atoms with Crippen molar-refractivity contribution in [3.05, 3.63) is 59.8 Å². The second-order valence-electron chi connectivity index (χ2n) is 8.15. The number of benzene rings is 2. The zero-order chi connectivity index (χ0) is 22.7. The molecule has 4 rings (SSSR count). The van der Waals surface area contributed by atoms with Gasteiger partial charge in [-0.05, 0) is 37.3 Å². The highest BCUT2D eigenvalue weighted by Crippen LogP contribution is 2.25. The van der Waals surface area contributed by atoms with Crippen LogP contribution in [0.15, 0.2) is 48.5 Å². The fraction of sp³-hybridized carbons (Fsp3) is 0.360. The number of rotatable bonds is 7. The number of nitrogens with zero attached hydrogens (tertiary/aromatic N) is 3. The van der Waals surface area contributed by atoms with E-state index >= 15 is 0 Å². The highest BCUT2D eigenvalue weighted by molar-refractivity contribution is 6.45. The first-order valence-electron chi connectivity index (χ1n) is 11.0. The molecule has 1 amide bonds. The number of hydrogen-bond donors (Lipinski definition) is 1. The number of aromatic nitrogens is 1. The van der Waals surface area contributed by atoms with E-state index in [0.29, 0.717) is 12.1 Å². The average Bonchev–Trinajstić information content (AvgIpc) is 3.09. The summed E-state index contributed by atoms with van der Waals surface area (Å²) in [6.45, 7) is 6.74. The summed E-state index contributed by atoms with van der Waals surface area (Å²) >= 11 is 0. The molecule has 0 unspecified atom stereocenters. The maximum absolute atomic E-state index is 12.9. The molecule has 0 saturated carbocycles. The minimum Gasteiger partial charge on any atom is -0.497 e. The minimum absolute atomic E-state index is 0.455. The van der Waals surface area contributed by atoms with Gasteiger partial charge in [0.2, 0.25) is 0 Å². The molecule has 7 heteroatoms. The topological polar surface area (TPSA) is 66.8 Å². The van der Waals surface area contributed by atoms with Crippen LogP contribution in [-0.4, -0.2) is 67.5 Å². The normalized spacial score (nSPS) is 14.5. The van der Waals surface area contributed by atoms with Gasteiger partial charge in [0.1, 0.15) is 5.75 Å². The Morgan fingerprint density at radius 2 is 1.69 bits per heavy atom. The number of hydrogen-bond acceptors (Lipinski definition) is 5. The molecular formula is C25H30N4O3. The summed E-state index contributed by atoms with van der Waals surface area (Å²) in [6, 6.07) is 15.8. The fourth-order valence-electron chi connectivity index (χ4n) is 4.35. The predicted octanol–water partition coefficient (Wildman–Crippen LogP) is 2.62. The van der Waals surface area contributed by atoms with Crippen LogP contribution in [0.1, 0.15) is 16.1 Å². The van der Waals surface area contributed by atoms with Crippen molar-refractivity contribution in [1.29, 1.82) is 0 Å². The molecule has 1 aliphatic heterocycles. The van der Waals surface area contributed by atoms with Gasteiger partial charge >= 0.3 is 0 Å². The van der Waals surface area contributed by atoms with Crippen LogP contribution in [0.2, 0.25) is 0 Å². The lowest BCUT2D eigenvalue weighted by molar-refractivity contribution is -0.117. The molecule has 3 aromatic rings. The highest BCUT2D eigenvalue weighted by Gasteiger charge is 2.24. The van der Waals surface area contributed by atoms with Crippen LogP contribution in [0, 0.1) is 6.92 Å². The Balaban J connectivity index is 1.28. The number of ketones is 1. The second-order valence-corrected chi connectivity index (χ2v) is 8.15. The Morgan fingerprint density at radius 3 is 2.38 bits per heavy atom. The van der Waals surface area contributed by atoms with Gasteiger partial charge < -0.3 is 19.5 Å². The van der Waals surface area contributed by atoms with Crippen molar-refractivity contribution in [2.75, 3.05) is 51.3 Å². The summed E-state index contributed by atoms with van der Waals surface area (Å²) in [5.41, 5.74) is 3.44. The highest BCUT2D eigenvalue weighted by atomic mass is 16.5. The van der Waals surface area contributed by atoms with E-state index in [1.165, 1.54) is 5.69 Å². The number of aryl methyl sites for hydroxylation is 1. The number of ether oxygens (including phenoxy) is 1. The first-order chi connectivity index (χ1) is 15.5. The molecule has 0 atom stereocenters. The molecule has 2 heterocycles. The summed E-state index contributed by atoms with van der Waals surface area (Å²) in [5, 5.41) is 3.64. The minimum atomic E-state index is -0.540. The Labute approximate surface area is 188 Å². The molecule has 0 radical (unpaired) electrons. The van der Waals surface area contributed by atoms with Crippen molar-refractivity contribution in [3.63, 3.8) is 0 Å². The lowest BCUT2D eigenvalue weighted by Crippen LogP contribution is -2.48. The molecule has 1 aliphatic rings. The third-order valence-corrected chi connectivity index (χ3v) is 6.36. The van der Waals surface area contributed by atoms with Crippen LogP contribution in [-0.2, 0) is 11.8 Å². The van der Waals surface area contributed by atoms with E-state index in [9.17, 15) is 9.59 Å². The van der Waals surface area contributed by atoms with E-state index in [1.807, 2.05) is 54.9 Å². The number of Topliss-reactive ketones (excluding diaryl/α,β-unsaturated/α-hetero) is 1. The Bertz CT molecular complexity index is 1110. The van der Waals surface area contributed by atoms with Crippen LogP contribution in [0.5, 0.6) is 5.75 Å². The molecule has 1 saturated heterocycles. The van der Waals surface area contributed by atoms with Crippen molar-refractivity contribution in [2.45, 2.75) is 6.92 Å². The quantitative estimate of drug-likeness (QED) is 0.457. The van der Waals surface area contributed by atoms with Crippen molar-refractivity contribution >= 4 is 28.3 Å². The predicted molar refractivity (Wildman–Crippen MR) is 127 cm³/mol. The molecule has 1 aromatic heterocycles. The second kappa shape index (κ2) is 9.44. The Kier molecular flexibility index (Phi) is 6.46. The number of carbonyl (C=O) groups excluding carboxylic acids is 2. The van der Waals surface area contributed by atoms with Crippen LogP contribution in [0.25, 0.3) is 10.9 Å². The Hall–Kier alpha value is -3.32. The summed E-state index contributed by atoms with van der Waals surface area (Å²) in [5.74, 6) is -0.152. The monoisotopic (exact) mass is 434 g/mol. The molecule has 1 N–H and O–H groups in total. The van der Waals surface area contributed by atoms with Gasteiger partial charge in [0, 0.05) is 68.6 Å². The molecule has 32 heavy (non-hydrogen) atoms. The SMILES string of the molecule is COc1ccc(N2CCN(CCNC(=O)C(=O)c3c(C)n(C)c4ccccc34)CC2)cc1. The van der Waals surface area contributed by atoms with Gasteiger partial charge in [-0.2, -0.15) is 0 Å². The first-order valence-corrected chi connectivity index (χ1v) is 11.0. The largest absolute Gasteiger partial charge is 0.497 e. The van der Waals surface area contributed by atoms with Gasteiger partial charge in [0.15, 0.2) is 0 Å². The fourth-order valence-corrected chi connectivity index (χ4v) is 4.35. The number of piperazine rings is 1. The number of carbonyl (C=O) groups is 2. The van der Waals surface area contributed by atoms with Crippen molar-refractivity contribution < 1.29 is 14.3 Å². The van der Waals surface area contributed by atoms with Crippen molar-refractivity contribution in [2.24, 2.45) is 7.05 Å². The molecule has 168 valence electrons. The maximum Gasteiger partial charge on any atom is 0.292 e. The van der Waals surface area contributed by atoms with Gasteiger partial charge in [-0.25, -0.2) is 0 Å². The number of fused-ring (bicyclic) bond motifs is 1. The zero-order valence-corrected chi connectivity index (χ0v) is 18.9. The van der Waals surface area contributed by atoms with Crippen LogP contribution in [0.3, 0.4) is 0 Å². The molecule has 1 fully saturated rings. The van der Waals surface area contributed by atoms with Gasteiger partial charge in [-0.1, -0.05) is 18.2 Å². The molecule has 0 spiro atoms. The van der Waals surface area contributed by atoms with Crippen molar-refractivity contribution in [1.82, 2.24) is 14.8 Å². The van der Waals surface area contributed by atoms with Gasteiger partial charge in [-0.3, -0.25) is 14.5 Å². The standard InChI is InChI=1S/C25H30N4O3/c1-18-23(21-6-4-5-7-22(21)27(18)2)24(30)25(31)26-12-13-28-14-16-29(17-15-28)19-8-10-20(32-3)11-9-19/h4-11H,12-17H2,1-3H3,(H,26,31). The molecule has 0 bridgehead atoms.